The zero-order chi connectivity index (χ0) is 22.4. The van der Waals surface area contributed by atoms with Gasteiger partial charge in [0.25, 0.3) is 0 Å². The lowest BCUT2D eigenvalue weighted by molar-refractivity contribution is -0.126. The van der Waals surface area contributed by atoms with E-state index in [2.05, 4.69) is 5.32 Å². The molecule has 6 nitrogen and oxygen atoms in total. The zero-order valence-electron chi connectivity index (χ0n) is 17.9. The lowest BCUT2D eigenvalue weighted by Gasteiger charge is -2.31. The topological polar surface area (TPSA) is 75.7 Å². The van der Waals surface area contributed by atoms with Crippen molar-refractivity contribution in [3.05, 3.63) is 64.7 Å². The number of nitrogens with one attached hydrogen (secondary N) is 1. The quantitative estimate of drug-likeness (QED) is 0.636. The molecule has 8 heteroatoms. The number of amides is 1. The fourth-order valence-corrected chi connectivity index (χ4v) is 5.52. The van der Waals surface area contributed by atoms with Crippen LogP contribution >= 0.6 is 11.6 Å². The molecule has 1 aliphatic rings. The molecule has 1 aliphatic heterocycles. The van der Waals surface area contributed by atoms with Gasteiger partial charge in [-0.25, -0.2) is 12.7 Å². The second-order valence-corrected chi connectivity index (χ2v) is 10.2. The summed E-state index contributed by atoms with van der Waals surface area (Å²) < 4.78 is 32.4. The van der Waals surface area contributed by atoms with Crippen molar-refractivity contribution in [1.29, 1.82) is 0 Å². The second kappa shape index (κ2) is 10.5. The summed E-state index contributed by atoms with van der Waals surface area (Å²) in [6, 6.07) is 14.4. The molecule has 1 fully saturated rings. The molecule has 168 valence electrons. The Bertz CT molecular complexity index is 987. The van der Waals surface area contributed by atoms with E-state index in [0.717, 1.165) is 11.3 Å². The molecule has 0 aliphatic carbocycles. The predicted octanol–water partition coefficient (Wildman–Crippen LogP) is 4.16. The van der Waals surface area contributed by atoms with Gasteiger partial charge in [0, 0.05) is 24.0 Å². The van der Waals surface area contributed by atoms with E-state index in [4.69, 9.17) is 16.3 Å². The number of sulfonamides is 1. The van der Waals surface area contributed by atoms with Crippen LogP contribution in [0.25, 0.3) is 0 Å². The highest BCUT2D eigenvalue weighted by Gasteiger charge is 2.31. The summed E-state index contributed by atoms with van der Waals surface area (Å²) in [5.74, 6) is 0.492. The molecule has 1 heterocycles. The van der Waals surface area contributed by atoms with Crippen molar-refractivity contribution in [2.24, 2.45) is 5.92 Å². The van der Waals surface area contributed by atoms with Gasteiger partial charge in [-0.2, -0.15) is 0 Å². The molecule has 0 saturated carbocycles. The van der Waals surface area contributed by atoms with E-state index in [-0.39, 0.29) is 23.6 Å². The summed E-state index contributed by atoms with van der Waals surface area (Å²) in [7, 11) is -3.45. The van der Waals surface area contributed by atoms with Gasteiger partial charge in [0.05, 0.1) is 18.4 Å². The van der Waals surface area contributed by atoms with Crippen LogP contribution in [0.1, 0.15) is 43.9 Å². The Balaban J connectivity index is 1.52. The summed E-state index contributed by atoms with van der Waals surface area (Å²) in [6.45, 7) is 5.18. The normalized spacial score (nSPS) is 16.6. The molecule has 31 heavy (non-hydrogen) atoms. The van der Waals surface area contributed by atoms with Crippen LogP contribution in [-0.2, 0) is 20.6 Å². The molecule has 2 aromatic carbocycles. The molecule has 1 N–H and O–H groups in total. The van der Waals surface area contributed by atoms with E-state index < -0.39 is 10.0 Å². The number of rotatable bonds is 8. The molecule has 2 aromatic rings. The van der Waals surface area contributed by atoms with Crippen LogP contribution in [0.2, 0.25) is 5.02 Å². The van der Waals surface area contributed by atoms with Gasteiger partial charge in [-0.05, 0) is 62.1 Å². The molecule has 0 radical (unpaired) electrons. The largest absolute Gasteiger partial charge is 0.494 e. The molecule has 0 aromatic heterocycles. The number of ether oxygens (including phenoxy) is 1. The number of carbonyl (C=O) groups is 1. The Morgan fingerprint density at radius 3 is 2.48 bits per heavy atom. The van der Waals surface area contributed by atoms with Gasteiger partial charge in [0.1, 0.15) is 5.75 Å². The predicted molar refractivity (Wildman–Crippen MR) is 123 cm³/mol. The van der Waals surface area contributed by atoms with Crippen molar-refractivity contribution < 1.29 is 17.9 Å². The minimum atomic E-state index is -3.45. The fourth-order valence-electron chi connectivity index (χ4n) is 3.76. The van der Waals surface area contributed by atoms with E-state index in [1.165, 1.54) is 4.31 Å². The van der Waals surface area contributed by atoms with Gasteiger partial charge in [-0.3, -0.25) is 4.79 Å². The van der Waals surface area contributed by atoms with E-state index >= 15 is 0 Å². The van der Waals surface area contributed by atoms with E-state index in [9.17, 15) is 13.2 Å². The highest BCUT2D eigenvalue weighted by molar-refractivity contribution is 7.88. The highest BCUT2D eigenvalue weighted by atomic mass is 35.5. The summed E-state index contributed by atoms with van der Waals surface area (Å²) in [5.41, 5.74) is 1.66. The summed E-state index contributed by atoms with van der Waals surface area (Å²) >= 11 is 5.96. The molecule has 3 rings (SSSR count). The van der Waals surface area contributed by atoms with Crippen molar-refractivity contribution in [1.82, 2.24) is 9.62 Å². The maximum absolute atomic E-state index is 12.8. The van der Waals surface area contributed by atoms with Crippen LogP contribution in [0.5, 0.6) is 5.75 Å². The summed E-state index contributed by atoms with van der Waals surface area (Å²) in [4.78, 5) is 12.7. The first-order valence-corrected chi connectivity index (χ1v) is 12.5. The number of hydrogen-bond acceptors (Lipinski definition) is 4. The maximum atomic E-state index is 12.8. The lowest BCUT2D eigenvalue weighted by atomic mass is 9.96. The van der Waals surface area contributed by atoms with Gasteiger partial charge in [0.15, 0.2) is 0 Å². The van der Waals surface area contributed by atoms with Gasteiger partial charge < -0.3 is 10.1 Å². The van der Waals surface area contributed by atoms with Gasteiger partial charge in [-0.15, -0.1) is 0 Å². The lowest BCUT2D eigenvalue weighted by Crippen LogP contribution is -2.43. The van der Waals surface area contributed by atoms with Crippen molar-refractivity contribution in [3.63, 3.8) is 0 Å². The third-order valence-corrected chi connectivity index (χ3v) is 7.59. The monoisotopic (exact) mass is 464 g/mol. The Morgan fingerprint density at radius 2 is 1.87 bits per heavy atom. The Kier molecular flexibility index (Phi) is 7.97. The van der Waals surface area contributed by atoms with Gasteiger partial charge >= 0.3 is 0 Å². The SMILES string of the molecule is CCOc1ccc(C(C)NC(=O)C2CCN(S(=O)(=O)Cc3cccc(Cl)c3)CC2)cc1. The molecule has 1 saturated heterocycles. The molecule has 1 unspecified atom stereocenters. The smallest absolute Gasteiger partial charge is 0.223 e. The van der Waals surface area contributed by atoms with Crippen LogP contribution in [0.3, 0.4) is 0 Å². The number of benzene rings is 2. The Hall–Kier alpha value is -2.09. The van der Waals surface area contributed by atoms with Crippen LogP contribution in [0.4, 0.5) is 0 Å². The Labute approximate surface area is 189 Å². The van der Waals surface area contributed by atoms with Gasteiger partial charge in [-0.1, -0.05) is 35.9 Å². The molecule has 1 atom stereocenters. The van der Waals surface area contributed by atoms with Crippen LogP contribution in [0.15, 0.2) is 48.5 Å². The minimum Gasteiger partial charge on any atom is -0.494 e. The molecule has 0 spiro atoms. The molecule has 1 amide bonds. The summed E-state index contributed by atoms with van der Waals surface area (Å²) in [5, 5.41) is 3.57. The number of piperidine rings is 1. The van der Waals surface area contributed by atoms with Crippen LogP contribution in [-0.4, -0.2) is 38.3 Å². The van der Waals surface area contributed by atoms with E-state index in [1.54, 1.807) is 24.3 Å². The Morgan fingerprint density at radius 1 is 1.19 bits per heavy atom. The molecular weight excluding hydrogens is 436 g/mol. The average molecular weight is 465 g/mol. The number of carbonyl (C=O) groups excluding carboxylic acids is 1. The minimum absolute atomic E-state index is 0.0340. The van der Waals surface area contributed by atoms with Crippen molar-refractivity contribution >= 4 is 27.5 Å². The standard InChI is InChI=1S/C23H29ClN2O4S/c1-3-30-22-9-7-19(8-10-22)17(2)25-23(27)20-11-13-26(14-12-20)31(28,29)16-18-5-4-6-21(24)15-18/h4-10,15,17,20H,3,11-14,16H2,1-2H3,(H,25,27). The summed E-state index contributed by atoms with van der Waals surface area (Å²) in [6.07, 6.45) is 1.02. The first-order valence-electron chi connectivity index (χ1n) is 10.5. The van der Waals surface area contributed by atoms with Crippen molar-refractivity contribution in [2.45, 2.75) is 38.5 Å². The first-order chi connectivity index (χ1) is 14.8. The maximum Gasteiger partial charge on any atom is 0.223 e. The molecule has 0 bridgehead atoms. The fraction of sp³-hybridized carbons (Fsp3) is 0.435. The average Bonchev–Trinajstić information content (AvgIpc) is 2.74. The highest BCUT2D eigenvalue weighted by Crippen LogP contribution is 2.24. The number of halogens is 1. The second-order valence-electron chi connectivity index (χ2n) is 7.79. The first kappa shape index (κ1) is 23.6. The van der Waals surface area contributed by atoms with E-state index in [0.29, 0.717) is 43.1 Å². The number of nitrogens with zero attached hydrogens (tertiary/aromatic N) is 1. The zero-order valence-corrected chi connectivity index (χ0v) is 19.5. The molecular formula is C23H29ClN2O4S. The van der Waals surface area contributed by atoms with Crippen molar-refractivity contribution in [2.75, 3.05) is 19.7 Å². The third kappa shape index (κ3) is 6.45. The number of hydrogen-bond donors (Lipinski definition) is 1. The third-order valence-electron chi connectivity index (χ3n) is 5.51. The van der Waals surface area contributed by atoms with Crippen LogP contribution in [0, 0.1) is 5.92 Å². The van der Waals surface area contributed by atoms with Crippen molar-refractivity contribution in [3.8, 4) is 5.75 Å². The van der Waals surface area contributed by atoms with Gasteiger partial charge in [0.2, 0.25) is 15.9 Å². The van der Waals surface area contributed by atoms with Crippen LogP contribution < -0.4 is 10.1 Å². The van der Waals surface area contributed by atoms with E-state index in [1.807, 2.05) is 38.1 Å².